The molecular weight excluding hydrogens is 238 g/mol. The summed E-state index contributed by atoms with van der Waals surface area (Å²) in [7, 11) is 0. The maximum absolute atomic E-state index is 12.0. The maximum Gasteiger partial charge on any atom is 0.269 e. The van der Waals surface area contributed by atoms with Crippen LogP contribution < -0.4 is 5.32 Å². The van der Waals surface area contributed by atoms with Gasteiger partial charge >= 0.3 is 0 Å². The summed E-state index contributed by atoms with van der Waals surface area (Å²) in [6, 6.07) is 6.78. The summed E-state index contributed by atoms with van der Waals surface area (Å²) in [6.07, 6.45) is 0. The number of nitriles is 1. The monoisotopic (exact) mass is 259 g/mol. The molecule has 1 heterocycles. The molecule has 4 nitrogen and oxygen atoms in total. The average molecular weight is 259 g/mol. The van der Waals surface area contributed by atoms with E-state index >= 15 is 0 Å². The van der Waals surface area contributed by atoms with E-state index < -0.39 is 0 Å². The van der Waals surface area contributed by atoms with Gasteiger partial charge in [0.05, 0.1) is 0 Å². The number of hydrogen-bond donors (Lipinski definition) is 1. The topological polar surface area (TPSA) is 65.8 Å². The van der Waals surface area contributed by atoms with Crippen LogP contribution in [0.1, 0.15) is 50.8 Å². The molecule has 1 amide bonds. The lowest BCUT2D eigenvalue weighted by Crippen LogP contribution is -2.41. The largest absolute Gasteiger partial charge is 0.350 e. The molecule has 0 unspecified atom stereocenters. The normalized spacial score (nSPS) is 11.8. The standard InChI is InChI=1S/C15H21N3O/c1-14(2,3)15(4,5)10-17-13(19)12-8-6-7-11(9-16)18-12/h6-8H,10H2,1-5H3,(H,17,19). The van der Waals surface area contributed by atoms with Gasteiger partial charge in [-0.25, -0.2) is 4.98 Å². The van der Waals surface area contributed by atoms with E-state index in [-0.39, 0.29) is 28.1 Å². The van der Waals surface area contributed by atoms with Crippen molar-refractivity contribution in [2.75, 3.05) is 6.54 Å². The van der Waals surface area contributed by atoms with Crippen LogP contribution in [0, 0.1) is 22.2 Å². The number of aromatic nitrogens is 1. The fourth-order valence-corrected chi connectivity index (χ4v) is 1.28. The van der Waals surface area contributed by atoms with Crippen molar-refractivity contribution >= 4 is 5.91 Å². The molecular formula is C15H21N3O. The molecule has 0 radical (unpaired) electrons. The predicted molar refractivity (Wildman–Crippen MR) is 74.5 cm³/mol. The van der Waals surface area contributed by atoms with Crippen LogP contribution in [0.2, 0.25) is 0 Å². The van der Waals surface area contributed by atoms with Crippen molar-refractivity contribution in [2.24, 2.45) is 10.8 Å². The predicted octanol–water partition coefficient (Wildman–Crippen LogP) is 2.76. The minimum Gasteiger partial charge on any atom is -0.350 e. The van der Waals surface area contributed by atoms with Crippen LogP contribution in [-0.4, -0.2) is 17.4 Å². The minimum absolute atomic E-state index is 0.0322. The Hall–Kier alpha value is -1.89. The lowest BCUT2D eigenvalue weighted by atomic mass is 9.69. The van der Waals surface area contributed by atoms with Crippen LogP contribution in [0.25, 0.3) is 0 Å². The summed E-state index contributed by atoms with van der Waals surface area (Å²) in [5, 5.41) is 11.7. The molecule has 0 aliphatic rings. The molecule has 1 rings (SSSR count). The van der Waals surface area contributed by atoms with Crippen LogP contribution in [0.3, 0.4) is 0 Å². The van der Waals surface area contributed by atoms with E-state index in [1.165, 1.54) is 0 Å². The molecule has 0 spiro atoms. The highest BCUT2D eigenvalue weighted by molar-refractivity contribution is 5.92. The van der Waals surface area contributed by atoms with E-state index in [0.717, 1.165) is 0 Å². The van der Waals surface area contributed by atoms with E-state index in [1.807, 2.05) is 6.07 Å². The Morgan fingerprint density at radius 2 is 1.95 bits per heavy atom. The smallest absolute Gasteiger partial charge is 0.269 e. The van der Waals surface area contributed by atoms with Gasteiger partial charge in [-0.05, 0) is 23.0 Å². The molecule has 1 N–H and O–H groups in total. The lowest BCUT2D eigenvalue weighted by Gasteiger charge is -2.38. The molecule has 102 valence electrons. The number of nitrogens with zero attached hydrogens (tertiary/aromatic N) is 2. The fourth-order valence-electron chi connectivity index (χ4n) is 1.28. The van der Waals surface area contributed by atoms with Crippen molar-refractivity contribution in [1.82, 2.24) is 10.3 Å². The number of amides is 1. The fraction of sp³-hybridized carbons (Fsp3) is 0.533. The summed E-state index contributed by atoms with van der Waals surface area (Å²) >= 11 is 0. The highest BCUT2D eigenvalue weighted by Crippen LogP contribution is 2.36. The highest BCUT2D eigenvalue weighted by Gasteiger charge is 2.33. The first-order chi connectivity index (χ1) is 8.67. The third kappa shape index (κ3) is 3.78. The van der Waals surface area contributed by atoms with Gasteiger partial charge in [-0.3, -0.25) is 4.79 Å². The Labute approximate surface area is 114 Å². The van der Waals surface area contributed by atoms with Gasteiger partial charge in [0.1, 0.15) is 17.5 Å². The molecule has 0 atom stereocenters. The van der Waals surface area contributed by atoms with Crippen LogP contribution in [0.4, 0.5) is 0 Å². The quantitative estimate of drug-likeness (QED) is 0.907. The lowest BCUT2D eigenvalue weighted by molar-refractivity contribution is 0.0863. The first-order valence-electron chi connectivity index (χ1n) is 6.33. The molecule has 0 saturated heterocycles. The molecule has 1 aromatic heterocycles. The van der Waals surface area contributed by atoms with Crippen LogP contribution in [-0.2, 0) is 0 Å². The summed E-state index contributed by atoms with van der Waals surface area (Å²) in [4.78, 5) is 16.0. The molecule has 0 aliphatic heterocycles. The van der Waals surface area contributed by atoms with Gasteiger partial charge in [0.25, 0.3) is 5.91 Å². The van der Waals surface area contributed by atoms with Gasteiger partial charge in [0.2, 0.25) is 0 Å². The van der Waals surface area contributed by atoms with Gasteiger partial charge in [-0.1, -0.05) is 40.7 Å². The summed E-state index contributed by atoms with van der Waals surface area (Å²) < 4.78 is 0. The Kier molecular flexibility index (Phi) is 4.31. The van der Waals surface area contributed by atoms with Crippen molar-refractivity contribution in [3.8, 4) is 6.07 Å². The first kappa shape index (κ1) is 15.2. The van der Waals surface area contributed by atoms with Crippen LogP contribution >= 0.6 is 0 Å². The number of carbonyl (C=O) groups excluding carboxylic acids is 1. The van der Waals surface area contributed by atoms with E-state index in [9.17, 15) is 4.79 Å². The van der Waals surface area contributed by atoms with Crippen molar-refractivity contribution < 1.29 is 4.79 Å². The SMILES string of the molecule is CC(C)(C)C(C)(C)CNC(=O)c1cccc(C#N)n1. The van der Waals surface area contributed by atoms with Gasteiger partial charge < -0.3 is 5.32 Å². The van der Waals surface area contributed by atoms with E-state index in [2.05, 4.69) is 44.9 Å². The minimum atomic E-state index is -0.241. The van der Waals surface area contributed by atoms with E-state index in [4.69, 9.17) is 5.26 Å². The second-order valence-corrected chi connectivity index (χ2v) is 6.34. The number of rotatable bonds is 3. The zero-order valence-electron chi connectivity index (χ0n) is 12.2. The number of nitrogens with one attached hydrogen (secondary N) is 1. The summed E-state index contributed by atoms with van der Waals surface area (Å²) in [5.74, 6) is -0.241. The van der Waals surface area contributed by atoms with Crippen LogP contribution in [0.5, 0.6) is 0 Å². The Morgan fingerprint density at radius 3 is 2.47 bits per heavy atom. The number of pyridine rings is 1. The van der Waals surface area contributed by atoms with E-state index in [1.54, 1.807) is 18.2 Å². The van der Waals surface area contributed by atoms with Crippen molar-refractivity contribution in [3.05, 3.63) is 29.6 Å². The number of carbonyl (C=O) groups is 1. The molecule has 4 heteroatoms. The molecule has 0 aliphatic carbocycles. The zero-order valence-corrected chi connectivity index (χ0v) is 12.2. The summed E-state index contributed by atoms with van der Waals surface area (Å²) in [5.41, 5.74) is 0.587. The first-order valence-corrected chi connectivity index (χ1v) is 6.33. The Morgan fingerprint density at radius 1 is 1.32 bits per heavy atom. The second kappa shape index (κ2) is 5.40. The second-order valence-electron chi connectivity index (χ2n) is 6.34. The van der Waals surface area contributed by atoms with Crippen molar-refractivity contribution in [3.63, 3.8) is 0 Å². The van der Waals surface area contributed by atoms with Gasteiger partial charge in [0.15, 0.2) is 0 Å². The molecule has 0 bridgehead atoms. The van der Waals surface area contributed by atoms with Gasteiger partial charge in [-0.2, -0.15) is 5.26 Å². The summed E-state index contributed by atoms with van der Waals surface area (Å²) in [6.45, 7) is 11.2. The van der Waals surface area contributed by atoms with Crippen molar-refractivity contribution in [1.29, 1.82) is 5.26 Å². The molecule has 19 heavy (non-hydrogen) atoms. The average Bonchev–Trinajstić information content (AvgIpc) is 2.34. The highest BCUT2D eigenvalue weighted by atomic mass is 16.1. The molecule has 0 saturated carbocycles. The van der Waals surface area contributed by atoms with Crippen LogP contribution in [0.15, 0.2) is 18.2 Å². The van der Waals surface area contributed by atoms with Gasteiger partial charge in [-0.15, -0.1) is 0 Å². The maximum atomic E-state index is 12.0. The van der Waals surface area contributed by atoms with Gasteiger partial charge in [0, 0.05) is 6.54 Å². The zero-order chi connectivity index (χ0) is 14.7. The third-order valence-corrected chi connectivity index (χ3v) is 3.82. The molecule has 1 aromatic rings. The molecule has 0 aromatic carbocycles. The van der Waals surface area contributed by atoms with E-state index in [0.29, 0.717) is 6.54 Å². The Balaban J connectivity index is 2.74. The van der Waals surface area contributed by atoms with Crippen molar-refractivity contribution in [2.45, 2.75) is 34.6 Å². The number of hydrogen-bond acceptors (Lipinski definition) is 3. The third-order valence-electron chi connectivity index (χ3n) is 3.82. The Bertz CT molecular complexity index is 507. The molecule has 0 fully saturated rings.